The van der Waals surface area contributed by atoms with Crippen molar-refractivity contribution in [1.82, 2.24) is 25.5 Å². The van der Waals surface area contributed by atoms with Gasteiger partial charge in [0.1, 0.15) is 11.9 Å². The molecule has 1 saturated heterocycles. The van der Waals surface area contributed by atoms with Gasteiger partial charge in [-0.1, -0.05) is 0 Å². The van der Waals surface area contributed by atoms with Crippen LogP contribution >= 0.6 is 0 Å². The zero-order chi connectivity index (χ0) is 12.9. The van der Waals surface area contributed by atoms with Crippen molar-refractivity contribution in [3.05, 3.63) is 36.2 Å². The third-order valence-corrected chi connectivity index (χ3v) is 3.53. The Morgan fingerprint density at radius 1 is 1.42 bits per heavy atom. The van der Waals surface area contributed by atoms with Crippen LogP contribution in [0.1, 0.15) is 30.5 Å². The van der Waals surface area contributed by atoms with E-state index in [0.29, 0.717) is 5.92 Å². The van der Waals surface area contributed by atoms with Gasteiger partial charge in [-0.25, -0.2) is 4.98 Å². The average molecular weight is 261 g/mol. The zero-order valence-electron chi connectivity index (χ0n) is 10.8. The maximum absolute atomic E-state index is 5.89. The van der Waals surface area contributed by atoms with Gasteiger partial charge in [-0.2, -0.15) is 5.10 Å². The van der Waals surface area contributed by atoms with Gasteiger partial charge in [-0.15, -0.1) is 0 Å². The molecule has 2 aromatic rings. The van der Waals surface area contributed by atoms with Gasteiger partial charge in [0.15, 0.2) is 0 Å². The smallest absolute Gasteiger partial charge is 0.120 e. The first-order chi connectivity index (χ1) is 9.43. The van der Waals surface area contributed by atoms with E-state index in [4.69, 9.17) is 4.74 Å². The fourth-order valence-corrected chi connectivity index (χ4v) is 2.59. The number of aromatic nitrogens is 4. The van der Waals surface area contributed by atoms with E-state index < -0.39 is 0 Å². The first-order valence-corrected chi connectivity index (χ1v) is 6.73. The van der Waals surface area contributed by atoms with Gasteiger partial charge in [0.2, 0.25) is 0 Å². The molecule has 102 valence electrons. The van der Waals surface area contributed by atoms with E-state index in [1.807, 2.05) is 12.3 Å². The van der Waals surface area contributed by atoms with Crippen LogP contribution in [-0.4, -0.2) is 33.3 Å². The lowest BCUT2D eigenvalue weighted by Gasteiger charge is -2.31. The SMILES string of the molecule is c1cc([C@@H]2OCCC[C@H]2CNCc2ncc[nH]2)[nH]n1. The minimum atomic E-state index is 0.125. The summed E-state index contributed by atoms with van der Waals surface area (Å²) in [6.45, 7) is 2.52. The number of nitrogens with zero attached hydrogens (tertiary/aromatic N) is 2. The number of hydrogen-bond donors (Lipinski definition) is 3. The monoisotopic (exact) mass is 261 g/mol. The summed E-state index contributed by atoms with van der Waals surface area (Å²) in [5, 5.41) is 10.5. The summed E-state index contributed by atoms with van der Waals surface area (Å²) >= 11 is 0. The summed E-state index contributed by atoms with van der Waals surface area (Å²) < 4.78 is 5.89. The van der Waals surface area contributed by atoms with Crippen molar-refractivity contribution in [3.63, 3.8) is 0 Å². The lowest BCUT2D eigenvalue weighted by atomic mass is 9.92. The van der Waals surface area contributed by atoms with E-state index in [0.717, 1.165) is 37.6 Å². The number of hydrogen-bond acceptors (Lipinski definition) is 4. The van der Waals surface area contributed by atoms with Gasteiger partial charge in [0.05, 0.1) is 12.2 Å². The van der Waals surface area contributed by atoms with E-state index in [1.165, 1.54) is 6.42 Å². The minimum Gasteiger partial charge on any atom is -0.372 e. The van der Waals surface area contributed by atoms with Crippen LogP contribution in [0.2, 0.25) is 0 Å². The Hall–Kier alpha value is -1.66. The van der Waals surface area contributed by atoms with Crippen molar-refractivity contribution in [2.45, 2.75) is 25.5 Å². The molecule has 3 N–H and O–H groups in total. The predicted octanol–water partition coefficient (Wildman–Crippen LogP) is 1.39. The highest BCUT2D eigenvalue weighted by Crippen LogP contribution is 2.31. The van der Waals surface area contributed by atoms with Gasteiger partial charge in [0.25, 0.3) is 0 Å². The molecule has 3 rings (SSSR count). The summed E-state index contributed by atoms with van der Waals surface area (Å²) in [5.41, 5.74) is 1.07. The lowest BCUT2D eigenvalue weighted by Crippen LogP contribution is -2.32. The maximum atomic E-state index is 5.89. The normalized spacial score (nSPS) is 23.6. The molecule has 0 saturated carbocycles. The molecule has 0 aromatic carbocycles. The molecule has 3 heterocycles. The van der Waals surface area contributed by atoms with Crippen LogP contribution in [0.5, 0.6) is 0 Å². The molecule has 0 bridgehead atoms. The third-order valence-electron chi connectivity index (χ3n) is 3.53. The van der Waals surface area contributed by atoms with E-state index in [1.54, 1.807) is 12.4 Å². The second-order valence-corrected chi connectivity index (χ2v) is 4.87. The number of rotatable bonds is 5. The number of H-pyrrole nitrogens is 2. The molecule has 1 fully saturated rings. The molecule has 2 aromatic heterocycles. The topological polar surface area (TPSA) is 78.6 Å². The third kappa shape index (κ3) is 3.02. The lowest BCUT2D eigenvalue weighted by molar-refractivity contribution is -0.0303. The van der Waals surface area contributed by atoms with Crippen LogP contribution in [-0.2, 0) is 11.3 Å². The van der Waals surface area contributed by atoms with Crippen LogP contribution in [0.3, 0.4) is 0 Å². The fraction of sp³-hybridized carbons (Fsp3) is 0.538. The number of ether oxygens (including phenoxy) is 1. The quantitative estimate of drug-likeness (QED) is 0.760. The largest absolute Gasteiger partial charge is 0.372 e. The molecule has 6 heteroatoms. The van der Waals surface area contributed by atoms with Crippen molar-refractivity contribution in [2.75, 3.05) is 13.2 Å². The highest BCUT2D eigenvalue weighted by molar-refractivity contribution is 5.05. The Labute approximate surface area is 112 Å². The summed E-state index contributed by atoms with van der Waals surface area (Å²) in [6.07, 6.45) is 7.82. The Morgan fingerprint density at radius 3 is 3.21 bits per heavy atom. The summed E-state index contributed by atoms with van der Waals surface area (Å²) in [5.74, 6) is 1.44. The van der Waals surface area contributed by atoms with E-state index in [-0.39, 0.29) is 6.10 Å². The molecule has 0 unspecified atom stereocenters. The maximum Gasteiger partial charge on any atom is 0.120 e. The fourth-order valence-electron chi connectivity index (χ4n) is 2.59. The highest BCUT2D eigenvalue weighted by Gasteiger charge is 2.28. The molecular formula is C13H19N5O. The second-order valence-electron chi connectivity index (χ2n) is 4.87. The Kier molecular flexibility index (Phi) is 3.90. The van der Waals surface area contributed by atoms with Crippen molar-refractivity contribution in [3.8, 4) is 0 Å². The molecule has 6 nitrogen and oxygen atoms in total. The molecule has 0 aliphatic carbocycles. The highest BCUT2D eigenvalue weighted by atomic mass is 16.5. The molecule has 1 aliphatic rings. The van der Waals surface area contributed by atoms with Crippen LogP contribution in [0, 0.1) is 5.92 Å². The Bertz CT molecular complexity index is 467. The van der Waals surface area contributed by atoms with E-state index in [9.17, 15) is 0 Å². The van der Waals surface area contributed by atoms with Crippen molar-refractivity contribution < 1.29 is 4.74 Å². The summed E-state index contributed by atoms with van der Waals surface area (Å²) in [7, 11) is 0. The van der Waals surface area contributed by atoms with Crippen LogP contribution < -0.4 is 5.32 Å². The molecule has 19 heavy (non-hydrogen) atoms. The van der Waals surface area contributed by atoms with Gasteiger partial charge >= 0.3 is 0 Å². The van der Waals surface area contributed by atoms with Crippen molar-refractivity contribution >= 4 is 0 Å². The molecule has 2 atom stereocenters. The van der Waals surface area contributed by atoms with Crippen molar-refractivity contribution in [1.29, 1.82) is 0 Å². The first kappa shape index (κ1) is 12.4. The minimum absolute atomic E-state index is 0.125. The zero-order valence-corrected chi connectivity index (χ0v) is 10.8. The van der Waals surface area contributed by atoms with Crippen LogP contribution in [0.15, 0.2) is 24.7 Å². The van der Waals surface area contributed by atoms with Gasteiger partial charge in [0, 0.05) is 37.7 Å². The molecule has 0 amide bonds. The van der Waals surface area contributed by atoms with Crippen molar-refractivity contribution in [2.24, 2.45) is 5.92 Å². The summed E-state index contributed by atoms with van der Waals surface area (Å²) in [4.78, 5) is 7.29. The van der Waals surface area contributed by atoms with Gasteiger partial charge in [-0.3, -0.25) is 5.10 Å². The first-order valence-electron chi connectivity index (χ1n) is 6.73. The number of aromatic amines is 2. The standard InChI is InChI=1S/C13H19N5O/c1-2-10(8-14-9-12-15-5-6-16-12)13(19-7-1)11-3-4-17-18-11/h3-6,10,13-14H,1-2,7-9H2,(H,15,16)(H,17,18)/t10-,13+/m0/s1. The molecule has 0 spiro atoms. The van der Waals surface area contributed by atoms with E-state index in [2.05, 4.69) is 25.5 Å². The van der Waals surface area contributed by atoms with Gasteiger partial charge in [-0.05, 0) is 18.9 Å². The van der Waals surface area contributed by atoms with Gasteiger partial charge < -0.3 is 15.0 Å². The number of nitrogens with one attached hydrogen (secondary N) is 3. The Balaban J connectivity index is 1.55. The van der Waals surface area contributed by atoms with E-state index >= 15 is 0 Å². The summed E-state index contributed by atoms with van der Waals surface area (Å²) in [6, 6.07) is 2.00. The van der Waals surface area contributed by atoms with Crippen LogP contribution in [0.25, 0.3) is 0 Å². The number of imidazole rings is 1. The Morgan fingerprint density at radius 2 is 2.42 bits per heavy atom. The predicted molar refractivity (Wildman–Crippen MR) is 70.3 cm³/mol. The second kappa shape index (κ2) is 5.99. The van der Waals surface area contributed by atoms with Crippen LogP contribution in [0.4, 0.5) is 0 Å². The molecule has 1 aliphatic heterocycles. The molecule has 0 radical (unpaired) electrons. The average Bonchev–Trinajstić information content (AvgIpc) is 3.12. The molecular weight excluding hydrogens is 242 g/mol.